The van der Waals surface area contributed by atoms with Crippen molar-refractivity contribution in [2.75, 3.05) is 12.1 Å². The number of fused-ring (bicyclic) bond motifs is 1. The van der Waals surface area contributed by atoms with Crippen LogP contribution >= 0.6 is 11.3 Å². The lowest BCUT2D eigenvalue weighted by Crippen LogP contribution is -2.29. The number of carbonyl (C=O) groups excluding carboxylic acids is 2. The SMILES string of the molecule is C[C@H](OC(=O)CCCc1cccs1)C(=O)Nc1ccc2c(c1)OCO2. The maximum absolute atomic E-state index is 12.1. The van der Waals surface area contributed by atoms with Gasteiger partial charge in [-0.2, -0.15) is 0 Å². The Morgan fingerprint density at radius 2 is 2.12 bits per heavy atom. The van der Waals surface area contributed by atoms with E-state index in [4.69, 9.17) is 14.2 Å². The lowest BCUT2D eigenvalue weighted by atomic mass is 10.2. The number of ether oxygens (including phenoxy) is 3. The highest BCUT2D eigenvalue weighted by atomic mass is 32.1. The first-order chi connectivity index (χ1) is 12.1. The number of hydrogen-bond acceptors (Lipinski definition) is 6. The van der Waals surface area contributed by atoms with E-state index >= 15 is 0 Å². The molecule has 1 amide bonds. The van der Waals surface area contributed by atoms with Gasteiger partial charge in [0.05, 0.1) is 0 Å². The summed E-state index contributed by atoms with van der Waals surface area (Å²) < 4.78 is 15.7. The number of hydrogen-bond donors (Lipinski definition) is 1. The first kappa shape index (κ1) is 17.3. The molecule has 25 heavy (non-hydrogen) atoms. The Kier molecular flexibility index (Phi) is 5.55. The standard InChI is InChI=1S/C18H19NO5S/c1-12(24-17(20)6-2-4-14-5-3-9-25-14)18(21)19-13-7-8-15-16(10-13)23-11-22-15/h3,5,7-10,12H,2,4,6,11H2,1H3,(H,19,21)/t12-/m0/s1. The molecule has 6 nitrogen and oxygen atoms in total. The Balaban J connectivity index is 1.43. The van der Waals surface area contributed by atoms with Crippen LogP contribution in [0.25, 0.3) is 0 Å². The van der Waals surface area contributed by atoms with Gasteiger partial charge >= 0.3 is 5.97 Å². The van der Waals surface area contributed by atoms with Crippen molar-refractivity contribution in [3.63, 3.8) is 0 Å². The molecule has 1 aromatic heterocycles. The molecule has 0 aliphatic carbocycles. The van der Waals surface area contributed by atoms with E-state index < -0.39 is 6.10 Å². The zero-order valence-electron chi connectivity index (χ0n) is 13.8. The normalized spacial score (nSPS) is 13.3. The maximum Gasteiger partial charge on any atom is 0.306 e. The van der Waals surface area contributed by atoms with Crippen molar-refractivity contribution in [2.45, 2.75) is 32.3 Å². The molecule has 1 N–H and O–H groups in total. The molecule has 1 atom stereocenters. The number of carbonyl (C=O) groups is 2. The molecule has 0 saturated carbocycles. The van der Waals surface area contributed by atoms with E-state index in [1.54, 1.807) is 36.5 Å². The summed E-state index contributed by atoms with van der Waals surface area (Å²) in [7, 11) is 0. The summed E-state index contributed by atoms with van der Waals surface area (Å²) in [6, 6.07) is 9.13. The van der Waals surface area contributed by atoms with Crippen molar-refractivity contribution in [1.29, 1.82) is 0 Å². The van der Waals surface area contributed by atoms with E-state index in [9.17, 15) is 9.59 Å². The molecule has 0 unspecified atom stereocenters. The molecule has 1 aromatic carbocycles. The Bertz CT molecular complexity index is 744. The number of benzene rings is 1. The van der Waals surface area contributed by atoms with Gasteiger partial charge in [-0.25, -0.2) is 0 Å². The van der Waals surface area contributed by atoms with E-state index in [0.717, 1.165) is 6.42 Å². The van der Waals surface area contributed by atoms with Crippen molar-refractivity contribution >= 4 is 28.9 Å². The second-order valence-corrected chi connectivity index (χ2v) is 6.65. The molecule has 0 spiro atoms. The monoisotopic (exact) mass is 361 g/mol. The summed E-state index contributed by atoms with van der Waals surface area (Å²) in [5.41, 5.74) is 0.565. The number of anilines is 1. The van der Waals surface area contributed by atoms with Crippen molar-refractivity contribution < 1.29 is 23.8 Å². The topological polar surface area (TPSA) is 73.9 Å². The fraction of sp³-hybridized carbons (Fsp3) is 0.333. The second kappa shape index (κ2) is 8.02. The van der Waals surface area contributed by atoms with Crippen LogP contribution in [-0.4, -0.2) is 24.8 Å². The van der Waals surface area contributed by atoms with Gasteiger partial charge in [-0.3, -0.25) is 9.59 Å². The van der Waals surface area contributed by atoms with Crippen LogP contribution in [0, 0.1) is 0 Å². The highest BCUT2D eigenvalue weighted by Gasteiger charge is 2.19. The predicted molar refractivity (Wildman–Crippen MR) is 94.0 cm³/mol. The quantitative estimate of drug-likeness (QED) is 0.766. The van der Waals surface area contributed by atoms with E-state index in [2.05, 4.69) is 5.32 Å². The third kappa shape index (κ3) is 4.73. The molecular weight excluding hydrogens is 342 g/mol. The van der Waals surface area contributed by atoms with E-state index in [1.807, 2.05) is 17.5 Å². The van der Waals surface area contributed by atoms with Gasteiger partial charge in [0.25, 0.3) is 5.91 Å². The largest absolute Gasteiger partial charge is 0.454 e. The second-order valence-electron chi connectivity index (χ2n) is 5.62. The van der Waals surface area contributed by atoms with Crippen molar-refractivity contribution in [3.05, 3.63) is 40.6 Å². The zero-order valence-corrected chi connectivity index (χ0v) is 14.6. The minimum Gasteiger partial charge on any atom is -0.454 e. The molecule has 1 aliphatic heterocycles. The molecule has 7 heteroatoms. The van der Waals surface area contributed by atoms with Gasteiger partial charge in [0, 0.05) is 23.1 Å². The van der Waals surface area contributed by atoms with Crippen LogP contribution in [0.2, 0.25) is 0 Å². The maximum atomic E-state index is 12.1. The molecule has 2 aromatic rings. The number of nitrogens with one attached hydrogen (secondary N) is 1. The van der Waals surface area contributed by atoms with Crippen LogP contribution in [0.4, 0.5) is 5.69 Å². The van der Waals surface area contributed by atoms with E-state index in [1.165, 1.54) is 4.88 Å². The molecule has 0 bridgehead atoms. The summed E-state index contributed by atoms with van der Waals surface area (Å²) in [5.74, 6) is 0.467. The fourth-order valence-electron chi connectivity index (χ4n) is 2.39. The number of thiophene rings is 1. The third-order valence-electron chi connectivity index (χ3n) is 3.70. The zero-order chi connectivity index (χ0) is 17.6. The summed E-state index contributed by atoms with van der Waals surface area (Å²) in [5, 5.41) is 4.72. The Labute approximate surface area is 149 Å². The van der Waals surface area contributed by atoms with Gasteiger partial charge in [-0.1, -0.05) is 6.07 Å². The Hall–Kier alpha value is -2.54. The molecule has 0 fully saturated rings. The summed E-state index contributed by atoms with van der Waals surface area (Å²) in [6.45, 7) is 1.73. The van der Waals surface area contributed by atoms with Crippen molar-refractivity contribution in [1.82, 2.24) is 0 Å². The molecule has 132 valence electrons. The van der Waals surface area contributed by atoms with Crippen molar-refractivity contribution in [3.8, 4) is 11.5 Å². The van der Waals surface area contributed by atoms with E-state index in [-0.39, 0.29) is 18.7 Å². The molecule has 0 radical (unpaired) electrons. The number of esters is 1. The molecule has 3 rings (SSSR count). The van der Waals surface area contributed by atoms with Gasteiger partial charge < -0.3 is 19.5 Å². The first-order valence-corrected chi connectivity index (χ1v) is 8.92. The predicted octanol–water partition coefficient (Wildman–Crippen LogP) is 3.37. The fourth-order valence-corrected chi connectivity index (χ4v) is 3.14. The molecular formula is C18H19NO5S. The molecule has 2 heterocycles. The third-order valence-corrected chi connectivity index (χ3v) is 4.64. The molecule has 0 saturated heterocycles. The number of rotatable bonds is 7. The highest BCUT2D eigenvalue weighted by molar-refractivity contribution is 7.09. The Morgan fingerprint density at radius 1 is 1.28 bits per heavy atom. The molecule has 1 aliphatic rings. The van der Waals surface area contributed by atoms with Gasteiger partial charge in [-0.15, -0.1) is 11.3 Å². The highest BCUT2D eigenvalue weighted by Crippen LogP contribution is 2.34. The van der Waals surface area contributed by atoms with Crippen molar-refractivity contribution in [2.24, 2.45) is 0 Å². The summed E-state index contributed by atoms with van der Waals surface area (Å²) in [4.78, 5) is 25.2. The average molecular weight is 361 g/mol. The van der Waals surface area contributed by atoms with Crippen LogP contribution in [0.1, 0.15) is 24.6 Å². The minimum absolute atomic E-state index is 0.173. The average Bonchev–Trinajstić information content (AvgIpc) is 3.25. The summed E-state index contributed by atoms with van der Waals surface area (Å²) >= 11 is 1.67. The first-order valence-electron chi connectivity index (χ1n) is 8.04. The van der Waals surface area contributed by atoms with Gasteiger partial charge in [0.15, 0.2) is 17.6 Å². The van der Waals surface area contributed by atoms with E-state index in [0.29, 0.717) is 30.0 Å². The van der Waals surface area contributed by atoms with Gasteiger partial charge in [0.1, 0.15) is 0 Å². The lowest BCUT2D eigenvalue weighted by Gasteiger charge is -2.13. The Morgan fingerprint density at radius 3 is 2.92 bits per heavy atom. The van der Waals surface area contributed by atoms with Gasteiger partial charge in [0.2, 0.25) is 6.79 Å². The van der Waals surface area contributed by atoms with Crippen LogP contribution in [0.5, 0.6) is 11.5 Å². The smallest absolute Gasteiger partial charge is 0.306 e. The van der Waals surface area contributed by atoms with Crippen LogP contribution < -0.4 is 14.8 Å². The van der Waals surface area contributed by atoms with Gasteiger partial charge in [-0.05, 0) is 43.3 Å². The van der Waals surface area contributed by atoms with Crippen LogP contribution in [0.15, 0.2) is 35.7 Å². The minimum atomic E-state index is -0.861. The van der Waals surface area contributed by atoms with Crippen LogP contribution in [0.3, 0.4) is 0 Å². The summed E-state index contributed by atoms with van der Waals surface area (Å²) in [6.07, 6.45) is 0.972. The number of amides is 1. The lowest BCUT2D eigenvalue weighted by molar-refractivity contribution is -0.153. The van der Waals surface area contributed by atoms with Crippen LogP contribution in [-0.2, 0) is 20.7 Å². The number of aryl methyl sites for hydroxylation is 1.